The first-order chi connectivity index (χ1) is 7.05. The number of halogens is 3. The zero-order valence-electron chi connectivity index (χ0n) is 8.14. The summed E-state index contributed by atoms with van der Waals surface area (Å²) in [6.07, 6.45) is 1.69. The van der Waals surface area contributed by atoms with E-state index in [9.17, 15) is 13.2 Å². The third-order valence-corrected chi connectivity index (χ3v) is 2.49. The molecule has 2 N–H and O–H groups in total. The quantitative estimate of drug-likeness (QED) is 0.753. The van der Waals surface area contributed by atoms with Crippen LogP contribution in [0.3, 0.4) is 0 Å². The number of nitrogens with one attached hydrogen (secondary N) is 2. The third kappa shape index (κ3) is 2.99. The van der Waals surface area contributed by atoms with E-state index in [-0.39, 0.29) is 6.04 Å². The van der Waals surface area contributed by atoms with Gasteiger partial charge in [0.15, 0.2) is 0 Å². The molecular formula is C10H13F3N2. The van der Waals surface area contributed by atoms with Gasteiger partial charge in [-0.1, -0.05) is 0 Å². The summed E-state index contributed by atoms with van der Waals surface area (Å²) in [5, 5.41) is 6.07. The molecule has 1 heterocycles. The fourth-order valence-corrected chi connectivity index (χ4v) is 1.47. The molecule has 5 heteroatoms. The van der Waals surface area contributed by atoms with Gasteiger partial charge in [0.05, 0.1) is 11.6 Å². The molecule has 2 rings (SSSR count). The topological polar surface area (TPSA) is 24.1 Å². The number of dihydropyridines is 1. The summed E-state index contributed by atoms with van der Waals surface area (Å²) >= 11 is 0. The van der Waals surface area contributed by atoms with Gasteiger partial charge in [0.25, 0.3) is 0 Å². The Morgan fingerprint density at radius 2 is 2.13 bits per heavy atom. The van der Waals surface area contributed by atoms with Crippen molar-refractivity contribution in [1.29, 1.82) is 0 Å². The van der Waals surface area contributed by atoms with Gasteiger partial charge in [-0.25, -0.2) is 0 Å². The van der Waals surface area contributed by atoms with Crippen LogP contribution in [-0.4, -0.2) is 24.8 Å². The zero-order chi connectivity index (χ0) is 10.9. The van der Waals surface area contributed by atoms with E-state index in [1.807, 2.05) is 0 Å². The maximum Gasteiger partial charge on any atom is 0.416 e. The summed E-state index contributed by atoms with van der Waals surface area (Å²) in [6, 6.07) is 0.257. The second-order valence-corrected chi connectivity index (χ2v) is 3.91. The van der Waals surface area contributed by atoms with Crippen molar-refractivity contribution in [3.63, 3.8) is 0 Å². The molecule has 1 aliphatic heterocycles. The van der Waals surface area contributed by atoms with E-state index in [1.165, 1.54) is 12.3 Å². The fourth-order valence-electron chi connectivity index (χ4n) is 1.47. The summed E-state index contributed by atoms with van der Waals surface area (Å²) in [5.41, 5.74) is -0.566. The van der Waals surface area contributed by atoms with Crippen molar-refractivity contribution in [2.45, 2.75) is 31.1 Å². The first kappa shape index (κ1) is 10.5. The summed E-state index contributed by atoms with van der Waals surface area (Å²) < 4.78 is 37.1. The first-order valence-corrected chi connectivity index (χ1v) is 5.01. The monoisotopic (exact) mass is 218 g/mol. The molecule has 2 nitrogen and oxygen atoms in total. The van der Waals surface area contributed by atoms with E-state index < -0.39 is 11.7 Å². The molecule has 1 saturated carbocycles. The van der Waals surface area contributed by atoms with Gasteiger partial charge >= 0.3 is 6.18 Å². The van der Waals surface area contributed by atoms with Gasteiger partial charge in [0, 0.05) is 12.6 Å². The Hall–Kier alpha value is -0.970. The minimum Gasteiger partial charge on any atom is -0.383 e. The molecule has 0 aromatic heterocycles. The Balaban J connectivity index is 1.90. The van der Waals surface area contributed by atoms with E-state index in [4.69, 9.17) is 0 Å². The molecule has 0 aromatic carbocycles. The molecule has 0 amide bonds. The van der Waals surface area contributed by atoms with E-state index in [1.54, 1.807) is 0 Å². The Bertz CT molecular complexity index is 290. The molecule has 1 unspecified atom stereocenters. The lowest BCUT2D eigenvalue weighted by Gasteiger charge is -2.20. The van der Waals surface area contributed by atoms with Gasteiger partial charge in [-0.3, -0.25) is 0 Å². The van der Waals surface area contributed by atoms with Crippen LogP contribution in [0.5, 0.6) is 0 Å². The molecule has 1 atom stereocenters. The molecule has 0 aromatic rings. The number of rotatable bonds is 3. The minimum atomic E-state index is -4.24. The SMILES string of the molecule is FC(F)(F)C1=CC(CNC2CC2)NC=C1. The third-order valence-electron chi connectivity index (χ3n) is 2.49. The van der Waals surface area contributed by atoms with Crippen LogP contribution in [-0.2, 0) is 0 Å². The Kier molecular flexibility index (Phi) is 2.73. The van der Waals surface area contributed by atoms with Gasteiger partial charge in [-0.05, 0) is 31.2 Å². The van der Waals surface area contributed by atoms with Crippen LogP contribution in [0.4, 0.5) is 13.2 Å². The van der Waals surface area contributed by atoms with Crippen molar-refractivity contribution in [2.24, 2.45) is 0 Å². The molecular weight excluding hydrogens is 205 g/mol. The number of hydrogen-bond donors (Lipinski definition) is 2. The first-order valence-electron chi connectivity index (χ1n) is 5.01. The van der Waals surface area contributed by atoms with Crippen molar-refractivity contribution >= 4 is 0 Å². The molecule has 0 saturated heterocycles. The lowest BCUT2D eigenvalue weighted by Crippen LogP contribution is -2.37. The molecule has 2 aliphatic rings. The predicted octanol–water partition coefficient (Wildman–Crippen LogP) is 1.71. The number of allylic oxidation sites excluding steroid dienone is 2. The minimum absolute atomic E-state index is 0.257. The average molecular weight is 218 g/mol. The molecule has 84 valence electrons. The summed E-state index contributed by atoms with van der Waals surface area (Å²) in [4.78, 5) is 0. The average Bonchev–Trinajstić information content (AvgIpc) is 2.97. The van der Waals surface area contributed by atoms with E-state index in [0.29, 0.717) is 12.6 Å². The van der Waals surface area contributed by atoms with Crippen LogP contribution in [0.2, 0.25) is 0 Å². The predicted molar refractivity (Wildman–Crippen MR) is 51.2 cm³/mol. The highest BCUT2D eigenvalue weighted by atomic mass is 19.4. The zero-order valence-corrected chi connectivity index (χ0v) is 8.14. The van der Waals surface area contributed by atoms with Gasteiger partial charge in [-0.2, -0.15) is 13.2 Å². The van der Waals surface area contributed by atoms with Crippen molar-refractivity contribution in [3.05, 3.63) is 23.9 Å². The van der Waals surface area contributed by atoms with Crippen molar-refractivity contribution < 1.29 is 13.2 Å². The fraction of sp³-hybridized carbons (Fsp3) is 0.600. The highest BCUT2D eigenvalue weighted by molar-refractivity contribution is 5.29. The molecule has 0 bridgehead atoms. The van der Waals surface area contributed by atoms with E-state index in [0.717, 1.165) is 18.9 Å². The van der Waals surface area contributed by atoms with Crippen LogP contribution < -0.4 is 10.6 Å². The molecule has 1 fully saturated rings. The second kappa shape index (κ2) is 3.89. The molecule has 1 aliphatic carbocycles. The maximum atomic E-state index is 12.4. The number of hydrogen-bond acceptors (Lipinski definition) is 2. The highest BCUT2D eigenvalue weighted by Crippen LogP contribution is 2.28. The van der Waals surface area contributed by atoms with Gasteiger partial charge in [0.1, 0.15) is 0 Å². The Morgan fingerprint density at radius 3 is 2.73 bits per heavy atom. The van der Waals surface area contributed by atoms with Crippen LogP contribution >= 0.6 is 0 Å². The number of alkyl halides is 3. The summed E-state index contributed by atoms with van der Waals surface area (Å²) in [5.74, 6) is 0. The van der Waals surface area contributed by atoms with Crippen molar-refractivity contribution in [2.75, 3.05) is 6.54 Å². The summed E-state index contributed by atoms with van der Waals surface area (Å²) in [7, 11) is 0. The van der Waals surface area contributed by atoms with Crippen molar-refractivity contribution in [3.8, 4) is 0 Å². The molecule has 0 radical (unpaired) electrons. The largest absolute Gasteiger partial charge is 0.416 e. The van der Waals surface area contributed by atoms with Crippen LogP contribution in [0.1, 0.15) is 12.8 Å². The molecule has 0 spiro atoms. The Morgan fingerprint density at radius 1 is 1.40 bits per heavy atom. The molecule has 15 heavy (non-hydrogen) atoms. The smallest absolute Gasteiger partial charge is 0.383 e. The standard InChI is InChI=1S/C10H13F3N2/c11-10(12,13)7-3-4-14-9(5-7)6-15-8-1-2-8/h3-5,8-9,14-15H,1-2,6H2. The van der Waals surface area contributed by atoms with Gasteiger partial charge in [-0.15, -0.1) is 0 Å². The Labute approximate surface area is 86.2 Å². The van der Waals surface area contributed by atoms with Crippen LogP contribution in [0.25, 0.3) is 0 Å². The van der Waals surface area contributed by atoms with Gasteiger partial charge < -0.3 is 10.6 Å². The van der Waals surface area contributed by atoms with Crippen LogP contribution in [0, 0.1) is 0 Å². The van der Waals surface area contributed by atoms with E-state index >= 15 is 0 Å². The highest BCUT2D eigenvalue weighted by Gasteiger charge is 2.33. The maximum absolute atomic E-state index is 12.4. The lowest BCUT2D eigenvalue weighted by atomic mass is 10.1. The summed E-state index contributed by atoms with van der Waals surface area (Å²) in [6.45, 7) is 0.550. The van der Waals surface area contributed by atoms with E-state index in [2.05, 4.69) is 10.6 Å². The van der Waals surface area contributed by atoms with Gasteiger partial charge in [0.2, 0.25) is 0 Å². The van der Waals surface area contributed by atoms with Crippen LogP contribution in [0.15, 0.2) is 23.9 Å². The van der Waals surface area contributed by atoms with Crippen molar-refractivity contribution in [1.82, 2.24) is 10.6 Å². The lowest BCUT2D eigenvalue weighted by molar-refractivity contribution is -0.0888. The second-order valence-electron chi connectivity index (χ2n) is 3.91. The normalized spacial score (nSPS) is 26.1.